The average Bonchev–Trinajstić information content (AvgIpc) is 2.51. The smallest absolute Gasteiger partial charge is 0.142 e. The summed E-state index contributed by atoms with van der Waals surface area (Å²) in [5.41, 5.74) is 1.89. The standard InChI is InChI=1S/C18H15BrO2/c1-12-6-8-16(14(10-12)11-20)21-17-9-7-13-4-2-3-5-15(13)18(17)19/h2-10,20H,11H2,1H3. The van der Waals surface area contributed by atoms with Gasteiger partial charge < -0.3 is 9.84 Å². The van der Waals surface area contributed by atoms with Gasteiger partial charge in [0, 0.05) is 5.56 Å². The first-order valence-corrected chi connectivity index (χ1v) is 7.54. The first-order chi connectivity index (χ1) is 10.2. The van der Waals surface area contributed by atoms with Crippen LogP contribution in [0.25, 0.3) is 10.8 Å². The second-order valence-electron chi connectivity index (χ2n) is 4.97. The second kappa shape index (κ2) is 5.88. The first-order valence-electron chi connectivity index (χ1n) is 6.74. The summed E-state index contributed by atoms with van der Waals surface area (Å²) in [5, 5.41) is 11.7. The maximum absolute atomic E-state index is 9.47. The van der Waals surface area contributed by atoms with Gasteiger partial charge in [-0.2, -0.15) is 0 Å². The van der Waals surface area contributed by atoms with Crippen LogP contribution in [0.5, 0.6) is 11.5 Å². The van der Waals surface area contributed by atoms with E-state index in [9.17, 15) is 5.11 Å². The van der Waals surface area contributed by atoms with Crippen molar-refractivity contribution in [2.45, 2.75) is 13.5 Å². The highest BCUT2D eigenvalue weighted by Gasteiger charge is 2.09. The second-order valence-corrected chi connectivity index (χ2v) is 5.76. The molecule has 3 aromatic carbocycles. The van der Waals surface area contributed by atoms with E-state index in [1.54, 1.807) is 0 Å². The van der Waals surface area contributed by atoms with Gasteiger partial charge in [0.25, 0.3) is 0 Å². The molecule has 3 aromatic rings. The van der Waals surface area contributed by atoms with Crippen LogP contribution >= 0.6 is 15.9 Å². The summed E-state index contributed by atoms with van der Waals surface area (Å²) in [6.07, 6.45) is 0. The lowest BCUT2D eigenvalue weighted by Crippen LogP contribution is -1.93. The summed E-state index contributed by atoms with van der Waals surface area (Å²) in [7, 11) is 0. The Morgan fingerprint density at radius 2 is 1.76 bits per heavy atom. The van der Waals surface area contributed by atoms with E-state index in [1.807, 2.05) is 55.5 Å². The van der Waals surface area contributed by atoms with Crippen LogP contribution in [0.15, 0.2) is 59.1 Å². The fourth-order valence-corrected chi connectivity index (χ4v) is 2.92. The van der Waals surface area contributed by atoms with Gasteiger partial charge in [0.2, 0.25) is 0 Å². The molecule has 21 heavy (non-hydrogen) atoms. The van der Waals surface area contributed by atoms with Gasteiger partial charge >= 0.3 is 0 Å². The zero-order valence-electron chi connectivity index (χ0n) is 11.6. The summed E-state index contributed by atoms with van der Waals surface area (Å²) >= 11 is 3.61. The fraction of sp³-hybridized carbons (Fsp3) is 0.111. The maximum atomic E-state index is 9.47. The Morgan fingerprint density at radius 3 is 2.57 bits per heavy atom. The SMILES string of the molecule is Cc1ccc(Oc2ccc3ccccc3c2Br)c(CO)c1. The van der Waals surface area contributed by atoms with Gasteiger partial charge in [-0.25, -0.2) is 0 Å². The summed E-state index contributed by atoms with van der Waals surface area (Å²) in [6.45, 7) is 1.96. The van der Waals surface area contributed by atoms with Crippen LogP contribution < -0.4 is 4.74 Å². The Kier molecular flexibility index (Phi) is 3.95. The van der Waals surface area contributed by atoms with E-state index in [4.69, 9.17) is 4.74 Å². The van der Waals surface area contributed by atoms with Crippen molar-refractivity contribution in [2.24, 2.45) is 0 Å². The molecule has 3 rings (SSSR count). The van der Waals surface area contributed by atoms with Crippen LogP contribution in [-0.2, 0) is 6.61 Å². The molecule has 0 heterocycles. The Morgan fingerprint density at radius 1 is 1.00 bits per heavy atom. The molecular formula is C18H15BrO2. The van der Waals surface area contributed by atoms with Crippen LogP contribution in [0.3, 0.4) is 0 Å². The van der Waals surface area contributed by atoms with Gasteiger partial charge in [0.05, 0.1) is 11.1 Å². The molecule has 0 radical (unpaired) electrons. The molecular weight excluding hydrogens is 328 g/mol. The number of benzene rings is 3. The lowest BCUT2D eigenvalue weighted by atomic mass is 10.1. The molecule has 0 fully saturated rings. The molecule has 0 saturated carbocycles. The van der Waals surface area contributed by atoms with Crippen LogP contribution in [0.1, 0.15) is 11.1 Å². The Labute approximate surface area is 132 Å². The highest BCUT2D eigenvalue weighted by atomic mass is 79.9. The van der Waals surface area contributed by atoms with Gasteiger partial charge in [-0.1, -0.05) is 48.0 Å². The normalized spacial score (nSPS) is 10.8. The molecule has 0 aliphatic heterocycles. The monoisotopic (exact) mass is 342 g/mol. The van der Waals surface area contributed by atoms with Gasteiger partial charge in [0.15, 0.2) is 0 Å². The number of ether oxygens (including phenoxy) is 1. The largest absolute Gasteiger partial charge is 0.456 e. The van der Waals surface area contributed by atoms with E-state index >= 15 is 0 Å². The van der Waals surface area contributed by atoms with Crippen molar-refractivity contribution >= 4 is 26.7 Å². The van der Waals surface area contributed by atoms with Crippen LogP contribution in [-0.4, -0.2) is 5.11 Å². The summed E-state index contributed by atoms with van der Waals surface area (Å²) in [5.74, 6) is 1.42. The highest BCUT2D eigenvalue weighted by molar-refractivity contribution is 9.10. The number of fused-ring (bicyclic) bond motifs is 1. The lowest BCUT2D eigenvalue weighted by molar-refractivity contribution is 0.276. The Bertz CT molecular complexity index is 796. The Hall–Kier alpha value is -1.84. The van der Waals surface area contributed by atoms with Crippen molar-refractivity contribution in [3.8, 4) is 11.5 Å². The van der Waals surface area contributed by atoms with Crippen molar-refractivity contribution < 1.29 is 9.84 Å². The van der Waals surface area contributed by atoms with Crippen molar-refractivity contribution in [2.75, 3.05) is 0 Å². The number of aliphatic hydroxyl groups excluding tert-OH is 1. The van der Waals surface area contributed by atoms with E-state index < -0.39 is 0 Å². The average molecular weight is 343 g/mol. The minimum Gasteiger partial charge on any atom is -0.456 e. The molecule has 0 saturated heterocycles. The zero-order valence-corrected chi connectivity index (χ0v) is 13.2. The van der Waals surface area contributed by atoms with E-state index in [1.165, 1.54) is 0 Å². The minimum absolute atomic E-state index is 0.0395. The summed E-state index contributed by atoms with van der Waals surface area (Å²) in [6, 6.07) is 17.9. The molecule has 2 nitrogen and oxygen atoms in total. The molecule has 0 atom stereocenters. The predicted molar refractivity (Wildman–Crippen MR) is 88.8 cm³/mol. The fourth-order valence-electron chi connectivity index (χ4n) is 2.34. The van der Waals surface area contributed by atoms with Crippen molar-refractivity contribution in [3.63, 3.8) is 0 Å². The van der Waals surface area contributed by atoms with E-state index in [0.717, 1.165) is 32.1 Å². The third-order valence-electron chi connectivity index (χ3n) is 3.43. The van der Waals surface area contributed by atoms with E-state index in [2.05, 4.69) is 22.0 Å². The number of rotatable bonds is 3. The topological polar surface area (TPSA) is 29.5 Å². The van der Waals surface area contributed by atoms with Gasteiger partial charge in [-0.3, -0.25) is 0 Å². The van der Waals surface area contributed by atoms with Gasteiger partial charge in [0.1, 0.15) is 11.5 Å². The predicted octanol–water partition coefficient (Wildman–Crippen LogP) is 5.20. The molecule has 1 N–H and O–H groups in total. The highest BCUT2D eigenvalue weighted by Crippen LogP contribution is 2.36. The summed E-state index contributed by atoms with van der Waals surface area (Å²) in [4.78, 5) is 0. The molecule has 0 aliphatic rings. The number of aliphatic hydroxyl groups is 1. The third-order valence-corrected chi connectivity index (χ3v) is 4.25. The van der Waals surface area contributed by atoms with Crippen molar-refractivity contribution in [1.29, 1.82) is 0 Å². The molecule has 0 bridgehead atoms. The lowest BCUT2D eigenvalue weighted by Gasteiger charge is -2.13. The van der Waals surface area contributed by atoms with Crippen LogP contribution in [0.4, 0.5) is 0 Å². The zero-order chi connectivity index (χ0) is 14.8. The molecule has 3 heteroatoms. The number of hydrogen-bond acceptors (Lipinski definition) is 2. The van der Waals surface area contributed by atoms with E-state index in [-0.39, 0.29) is 6.61 Å². The Balaban J connectivity index is 2.04. The van der Waals surface area contributed by atoms with Crippen LogP contribution in [0.2, 0.25) is 0 Å². The number of aryl methyl sites for hydroxylation is 1. The third kappa shape index (κ3) is 2.80. The summed E-state index contributed by atoms with van der Waals surface area (Å²) < 4.78 is 6.91. The van der Waals surface area contributed by atoms with Crippen molar-refractivity contribution in [1.82, 2.24) is 0 Å². The molecule has 0 unspecified atom stereocenters. The maximum Gasteiger partial charge on any atom is 0.142 e. The molecule has 0 aromatic heterocycles. The molecule has 0 aliphatic carbocycles. The van der Waals surface area contributed by atoms with Gasteiger partial charge in [-0.05, 0) is 45.8 Å². The minimum atomic E-state index is -0.0395. The van der Waals surface area contributed by atoms with Crippen molar-refractivity contribution in [3.05, 3.63) is 70.2 Å². The first kappa shape index (κ1) is 14.1. The number of hydrogen-bond donors (Lipinski definition) is 1. The number of halogens is 1. The van der Waals surface area contributed by atoms with Crippen LogP contribution in [0, 0.1) is 6.92 Å². The molecule has 0 spiro atoms. The molecule has 0 amide bonds. The van der Waals surface area contributed by atoms with E-state index in [0.29, 0.717) is 5.75 Å². The van der Waals surface area contributed by atoms with Gasteiger partial charge in [-0.15, -0.1) is 0 Å². The quantitative estimate of drug-likeness (QED) is 0.709. The molecule has 106 valence electrons.